The third kappa shape index (κ3) is 3.54. The summed E-state index contributed by atoms with van der Waals surface area (Å²) in [5.74, 6) is 0.642. The highest BCUT2D eigenvalue weighted by atomic mass is 17.1. The molecule has 0 aromatic rings. The number of hydrogen-bond donors (Lipinski definition) is 1. The van der Waals surface area contributed by atoms with Crippen molar-refractivity contribution in [1.82, 2.24) is 0 Å². The number of carbonyl (C=O) groups excluding carboxylic acids is 1. The molecule has 0 fully saturated rings. The molecule has 0 saturated carbocycles. The fourth-order valence-electron chi connectivity index (χ4n) is 2.07. The smallest absolute Gasteiger partial charge is 0.426 e. The fraction of sp³-hybridized carbons (Fsp3) is 0.900. The number of rotatable bonds is 4. The van der Waals surface area contributed by atoms with Crippen molar-refractivity contribution in [2.75, 3.05) is 0 Å². The topological polar surface area (TPSA) is 55.8 Å². The zero-order valence-electron chi connectivity index (χ0n) is 9.53. The van der Waals surface area contributed by atoms with Crippen molar-refractivity contribution in [3.8, 4) is 0 Å². The average Bonchev–Trinajstić information content (AvgIpc) is 2.02. The lowest BCUT2D eigenvalue weighted by Gasteiger charge is -2.35. The van der Waals surface area contributed by atoms with Gasteiger partial charge in [-0.25, -0.2) is 4.79 Å². The van der Waals surface area contributed by atoms with E-state index in [2.05, 4.69) is 18.7 Å². The summed E-state index contributed by atoms with van der Waals surface area (Å²) >= 11 is 0. The Balaban J connectivity index is 4.48. The van der Waals surface area contributed by atoms with E-state index in [9.17, 15) is 4.79 Å². The molecule has 0 aromatic heterocycles. The van der Waals surface area contributed by atoms with Gasteiger partial charge in [0.2, 0.25) is 0 Å². The minimum Gasteiger partial charge on any atom is -0.426 e. The quantitative estimate of drug-likeness (QED) is 0.434. The standard InChI is InChI=1S/C10H20O4/c1-6-8(7(2)3)10(4,5)13-9(11)14-12/h7-8,12H,6H2,1-5H3. The first-order valence-electron chi connectivity index (χ1n) is 4.89. The van der Waals surface area contributed by atoms with Crippen molar-refractivity contribution in [2.45, 2.75) is 46.6 Å². The maximum absolute atomic E-state index is 10.8. The molecule has 1 N–H and O–H groups in total. The molecule has 1 unspecified atom stereocenters. The monoisotopic (exact) mass is 204 g/mol. The van der Waals surface area contributed by atoms with Crippen LogP contribution in [-0.2, 0) is 9.62 Å². The van der Waals surface area contributed by atoms with Gasteiger partial charge in [-0.15, -0.1) is 0 Å². The lowest BCUT2D eigenvalue weighted by molar-refractivity contribution is -0.216. The van der Waals surface area contributed by atoms with E-state index in [1.165, 1.54) is 0 Å². The Morgan fingerprint density at radius 1 is 1.43 bits per heavy atom. The first-order chi connectivity index (χ1) is 6.35. The molecule has 0 aliphatic heterocycles. The molecule has 0 heterocycles. The lowest BCUT2D eigenvalue weighted by atomic mass is 9.80. The summed E-state index contributed by atoms with van der Waals surface area (Å²) in [7, 11) is 0. The Labute approximate surface area is 85.1 Å². The van der Waals surface area contributed by atoms with Crippen molar-refractivity contribution in [3.05, 3.63) is 0 Å². The molecule has 4 heteroatoms. The predicted molar refractivity (Wildman–Crippen MR) is 52.9 cm³/mol. The Kier molecular flexibility index (Phi) is 4.91. The molecule has 4 nitrogen and oxygen atoms in total. The van der Waals surface area contributed by atoms with Crippen molar-refractivity contribution in [2.24, 2.45) is 11.8 Å². The van der Waals surface area contributed by atoms with Crippen LogP contribution >= 0.6 is 0 Å². The van der Waals surface area contributed by atoms with E-state index in [0.717, 1.165) is 6.42 Å². The van der Waals surface area contributed by atoms with Gasteiger partial charge in [0.15, 0.2) is 0 Å². The molecule has 0 saturated heterocycles. The minimum absolute atomic E-state index is 0.238. The third-order valence-electron chi connectivity index (χ3n) is 2.56. The van der Waals surface area contributed by atoms with Gasteiger partial charge in [0.05, 0.1) is 0 Å². The van der Waals surface area contributed by atoms with Crippen LogP contribution in [0.1, 0.15) is 41.0 Å². The van der Waals surface area contributed by atoms with Gasteiger partial charge in [-0.2, -0.15) is 5.26 Å². The predicted octanol–water partition coefficient (Wildman–Crippen LogP) is 3.07. The van der Waals surface area contributed by atoms with Gasteiger partial charge in [-0.1, -0.05) is 20.8 Å². The molecule has 0 aliphatic rings. The third-order valence-corrected chi connectivity index (χ3v) is 2.56. The van der Waals surface area contributed by atoms with Crippen LogP contribution in [0.2, 0.25) is 0 Å². The summed E-state index contributed by atoms with van der Waals surface area (Å²) in [5, 5.41) is 8.12. The summed E-state index contributed by atoms with van der Waals surface area (Å²) in [4.78, 5) is 14.3. The highest BCUT2D eigenvalue weighted by molar-refractivity contribution is 5.59. The van der Waals surface area contributed by atoms with Gasteiger partial charge in [0.25, 0.3) is 0 Å². The maximum atomic E-state index is 10.8. The Morgan fingerprint density at radius 3 is 2.21 bits per heavy atom. The maximum Gasteiger partial charge on any atom is 0.540 e. The van der Waals surface area contributed by atoms with E-state index in [0.29, 0.717) is 5.92 Å². The van der Waals surface area contributed by atoms with Gasteiger partial charge in [0, 0.05) is 5.92 Å². The SMILES string of the molecule is CCC(C(C)C)C(C)(C)OC(=O)OO. The van der Waals surface area contributed by atoms with Crippen LogP contribution in [0.4, 0.5) is 4.79 Å². The fourth-order valence-corrected chi connectivity index (χ4v) is 2.07. The molecular formula is C10H20O4. The second-order valence-corrected chi connectivity index (χ2v) is 4.31. The molecule has 14 heavy (non-hydrogen) atoms. The Bertz CT molecular complexity index is 187. The van der Waals surface area contributed by atoms with Crippen molar-refractivity contribution >= 4 is 6.16 Å². The molecule has 0 aliphatic carbocycles. The van der Waals surface area contributed by atoms with E-state index < -0.39 is 11.8 Å². The van der Waals surface area contributed by atoms with Crippen LogP contribution in [0.5, 0.6) is 0 Å². The van der Waals surface area contributed by atoms with E-state index in [1.54, 1.807) is 0 Å². The highest BCUT2D eigenvalue weighted by Gasteiger charge is 2.34. The van der Waals surface area contributed by atoms with Gasteiger partial charge in [0.1, 0.15) is 5.60 Å². The van der Waals surface area contributed by atoms with Crippen molar-refractivity contribution in [1.29, 1.82) is 0 Å². The molecule has 0 spiro atoms. The first-order valence-corrected chi connectivity index (χ1v) is 4.89. The van der Waals surface area contributed by atoms with E-state index in [1.807, 2.05) is 20.8 Å². The summed E-state index contributed by atoms with van der Waals surface area (Å²) < 4.78 is 4.99. The van der Waals surface area contributed by atoms with Crippen LogP contribution < -0.4 is 0 Å². The van der Waals surface area contributed by atoms with Crippen molar-refractivity contribution < 1.29 is 19.7 Å². The first kappa shape index (κ1) is 13.2. The summed E-state index contributed by atoms with van der Waals surface area (Å²) in [5.41, 5.74) is -0.622. The van der Waals surface area contributed by atoms with Gasteiger partial charge >= 0.3 is 6.16 Å². The average molecular weight is 204 g/mol. The number of ether oxygens (including phenoxy) is 1. The van der Waals surface area contributed by atoms with Crippen LogP contribution in [0.25, 0.3) is 0 Å². The second-order valence-electron chi connectivity index (χ2n) is 4.31. The molecule has 0 aromatic carbocycles. The molecule has 0 rings (SSSR count). The Morgan fingerprint density at radius 2 is 1.93 bits per heavy atom. The minimum atomic E-state index is -1.05. The van der Waals surface area contributed by atoms with Gasteiger partial charge in [-0.05, 0) is 26.2 Å². The molecule has 0 amide bonds. The lowest BCUT2D eigenvalue weighted by Crippen LogP contribution is -2.39. The van der Waals surface area contributed by atoms with Crippen LogP contribution in [0.15, 0.2) is 0 Å². The van der Waals surface area contributed by atoms with Crippen molar-refractivity contribution in [3.63, 3.8) is 0 Å². The zero-order valence-corrected chi connectivity index (χ0v) is 9.53. The van der Waals surface area contributed by atoms with Gasteiger partial charge in [-0.3, -0.25) is 4.89 Å². The van der Waals surface area contributed by atoms with E-state index in [-0.39, 0.29) is 5.92 Å². The van der Waals surface area contributed by atoms with Crippen LogP contribution in [0.3, 0.4) is 0 Å². The largest absolute Gasteiger partial charge is 0.540 e. The van der Waals surface area contributed by atoms with Gasteiger partial charge < -0.3 is 4.74 Å². The highest BCUT2D eigenvalue weighted by Crippen LogP contribution is 2.31. The molecular weight excluding hydrogens is 184 g/mol. The van der Waals surface area contributed by atoms with E-state index in [4.69, 9.17) is 9.99 Å². The normalized spacial score (nSPS) is 13.9. The zero-order chi connectivity index (χ0) is 11.4. The molecule has 0 radical (unpaired) electrons. The molecule has 84 valence electrons. The summed E-state index contributed by atoms with van der Waals surface area (Å²) in [6.45, 7) is 9.82. The number of carbonyl (C=O) groups is 1. The second kappa shape index (κ2) is 5.20. The number of hydrogen-bond acceptors (Lipinski definition) is 4. The Hall–Kier alpha value is -0.770. The van der Waals surface area contributed by atoms with Crippen LogP contribution in [-0.4, -0.2) is 17.0 Å². The summed E-state index contributed by atoms with van der Waals surface area (Å²) in [6, 6.07) is 0. The summed E-state index contributed by atoms with van der Waals surface area (Å²) in [6.07, 6.45) is -0.141. The van der Waals surface area contributed by atoms with E-state index >= 15 is 0 Å². The van der Waals surface area contributed by atoms with Crippen LogP contribution in [0, 0.1) is 11.8 Å². The molecule has 1 atom stereocenters. The molecule has 0 bridgehead atoms.